The Morgan fingerprint density at radius 3 is 0.940 bits per heavy atom. The van der Waals surface area contributed by atoms with Gasteiger partial charge < -0.3 is 30.2 Å². The van der Waals surface area contributed by atoms with Gasteiger partial charge in [0.05, 0.1) is 5.75 Å². The zero-order valence-corrected chi connectivity index (χ0v) is 77.6. The van der Waals surface area contributed by atoms with Crippen LogP contribution in [0.1, 0.15) is 141 Å². The van der Waals surface area contributed by atoms with E-state index in [0.29, 0.717) is 44.8 Å². The number of amides is 12. The standard InChI is InChI=1S/C29H32F3N5O6S.C29H30F3N5O6S.C16H16F3N3O4S.C13H15BrN2O2/c2*1-17-15-20(37-26(40)34-24(38)27(37,3)4)16-18(2)22(17)9-14-44(41,42)36-12-10-28(11-13-36)25(39)33-23(35-28)19-5-7-21(8-6-19)43-29(30,31)32;1-2-27(24,25)22-9-7-15(8-10-22)14(23)20-13(21-15)11-3-5-12(6-4-11)26-16(17,18)19;1-7-5-9(6-8(2)10(7)14)16-12(18)15-11(17)13(16,3)4/h5-8,15-16H,9-14H2,1-4H3,(H,33,35,39)(H,34,38,40);5-9,14-16H,10-13H2,1-4H3,(H,33,35,39)(H,34,38,40);2-6H,1,7-10H2,(H,20,21,23);5-6H,1-4H3,(H,15,17,18)/b;14-9+;;. The third-order valence-corrected chi connectivity index (χ3v) is 30.3. The number of ether oxygens (including phenoxy) is 3. The van der Waals surface area contributed by atoms with E-state index in [1.54, 1.807) is 79.7 Å². The van der Waals surface area contributed by atoms with Gasteiger partial charge in [-0.1, -0.05) is 22.5 Å². The Morgan fingerprint density at radius 1 is 0.398 bits per heavy atom. The molecule has 6 saturated heterocycles. The molecule has 133 heavy (non-hydrogen) atoms. The number of urea groups is 3. The highest BCUT2D eigenvalue weighted by molar-refractivity contribution is 9.10. The summed E-state index contributed by atoms with van der Waals surface area (Å²) in [6.45, 7) is 24.9. The lowest BCUT2D eigenvalue weighted by atomic mass is 9.89. The van der Waals surface area contributed by atoms with E-state index in [0.717, 1.165) is 85.2 Å². The van der Waals surface area contributed by atoms with Crippen LogP contribution >= 0.6 is 15.9 Å². The van der Waals surface area contributed by atoms with Crippen LogP contribution in [0.5, 0.6) is 17.2 Å². The van der Waals surface area contributed by atoms with Crippen LogP contribution in [-0.4, -0.2) is 207 Å². The van der Waals surface area contributed by atoms with Crippen LogP contribution in [0.3, 0.4) is 0 Å². The number of sulfonamides is 3. The normalized spacial score (nSPS) is 19.9. The lowest BCUT2D eigenvalue weighted by Crippen LogP contribution is -2.50. The second-order valence-corrected chi connectivity index (χ2v) is 40.9. The lowest BCUT2D eigenvalue weighted by Gasteiger charge is -2.34. The maximum absolute atomic E-state index is 13.3. The zero-order chi connectivity index (χ0) is 98.0. The van der Waals surface area contributed by atoms with Crippen LogP contribution in [-0.2, 0) is 65.3 Å². The summed E-state index contributed by atoms with van der Waals surface area (Å²) in [6, 6.07) is 24.2. The smallest absolute Gasteiger partial charge is 0.406 e. The van der Waals surface area contributed by atoms with E-state index in [4.69, 9.17) is 0 Å². The molecule has 46 heteroatoms. The molecule has 0 atom stereocenters. The van der Waals surface area contributed by atoms with Gasteiger partial charge in [0.15, 0.2) is 0 Å². The summed E-state index contributed by atoms with van der Waals surface area (Å²) in [7, 11) is -11.1. The molecule has 6 N–H and O–H groups in total. The number of piperidine rings is 3. The Balaban J connectivity index is 0.000000168. The number of nitrogens with one attached hydrogen (secondary N) is 6. The van der Waals surface area contributed by atoms with Gasteiger partial charge in [0, 0.05) is 88.3 Å². The summed E-state index contributed by atoms with van der Waals surface area (Å²) in [5.41, 5.74) is 3.09. The quantitative estimate of drug-likeness (QED) is 0.0344. The second-order valence-electron chi connectivity index (χ2n) is 34.3. The van der Waals surface area contributed by atoms with E-state index in [9.17, 15) is 108 Å². The molecule has 0 aromatic heterocycles. The average molecular weight is 1980 g/mol. The Labute approximate surface area is 767 Å². The van der Waals surface area contributed by atoms with Crippen molar-refractivity contribution < 1.29 is 122 Å². The Morgan fingerprint density at radius 2 is 0.669 bits per heavy atom. The molecule has 6 aromatic rings. The molecule has 6 aromatic carbocycles. The minimum atomic E-state index is -4.83. The third-order valence-electron chi connectivity index (χ3n) is 24.1. The van der Waals surface area contributed by atoms with Crippen LogP contribution in [0.25, 0.3) is 6.08 Å². The first-order valence-electron chi connectivity index (χ1n) is 41.2. The number of amidine groups is 3. The molecular formula is C87H93BrF9N15O18S3. The molecule has 33 nitrogen and oxygen atoms in total. The van der Waals surface area contributed by atoms with Crippen molar-refractivity contribution >= 4 is 140 Å². The number of hydrogen-bond acceptors (Lipinski definition) is 21. The van der Waals surface area contributed by atoms with Crippen molar-refractivity contribution in [1.29, 1.82) is 0 Å². The van der Waals surface area contributed by atoms with E-state index < -0.39 is 124 Å². The molecule has 0 aliphatic carbocycles. The highest BCUT2D eigenvalue weighted by Gasteiger charge is 2.54. The van der Waals surface area contributed by atoms with Crippen LogP contribution in [0.4, 0.5) is 71.0 Å². The molecule has 15 rings (SSSR count). The highest BCUT2D eigenvalue weighted by Crippen LogP contribution is 2.41. The van der Waals surface area contributed by atoms with E-state index in [-0.39, 0.29) is 137 Å². The van der Waals surface area contributed by atoms with E-state index in [1.165, 1.54) is 70.1 Å². The van der Waals surface area contributed by atoms with Crippen molar-refractivity contribution in [3.05, 3.63) is 192 Å². The van der Waals surface area contributed by atoms with Crippen molar-refractivity contribution in [3.63, 3.8) is 0 Å². The van der Waals surface area contributed by atoms with Crippen molar-refractivity contribution in [2.24, 2.45) is 15.0 Å². The summed E-state index contributed by atoms with van der Waals surface area (Å²) in [5, 5.41) is 16.9. The maximum atomic E-state index is 13.3. The Hall–Kier alpha value is -12.0. The first-order chi connectivity index (χ1) is 61.6. The van der Waals surface area contributed by atoms with Crippen LogP contribution < -0.4 is 60.8 Å². The molecule has 712 valence electrons. The van der Waals surface area contributed by atoms with Crippen molar-refractivity contribution in [2.45, 2.75) is 180 Å². The van der Waals surface area contributed by atoms with E-state index in [1.807, 2.05) is 39.8 Å². The lowest BCUT2D eigenvalue weighted by molar-refractivity contribution is -0.275. The number of nitrogens with zero attached hydrogens (tertiary/aromatic N) is 9. The predicted molar refractivity (Wildman–Crippen MR) is 474 cm³/mol. The van der Waals surface area contributed by atoms with Gasteiger partial charge in [0.25, 0.3) is 35.4 Å². The van der Waals surface area contributed by atoms with Crippen molar-refractivity contribution in [3.8, 4) is 17.2 Å². The van der Waals surface area contributed by atoms with Gasteiger partial charge in [0.1, 0.15) is 68.0 Å². The fourth-order valence-corrected chi connectivity index (χ4v) is 20.4. The molecule has 0 saturated carbocycles. The minimum Gasteiger partial charge on any atom is -0.406 e. The molecule has 0 unspecified atom stereocenters. The number of rotatable bonds is 18. The molecule has 9 aliphatic rings. The van der Waals surface area contributed by atoms with E-state index in [2.05, 4.69) is 83.6 Å². The first-order valence-corrected chi connectivity index (χ1v) is 46.6. The third kappa shape index (κ3) is 21.5. The summed E-state index contributed by atoms with van der Waals surface area (Å²) < 4.78 is 205. The topological polar surface area (TPSA) is 412 Å². The number of carbonyl (C=O) groups is 9. The minimum absolute atomic E-state index is 0.0271. The number of benzene rings is 6. The van der Waals surface area contributed by atoms with Gasteiger partial charge in [-0.15, -0.1) is 39.5 Å². The predicted octanol–water partition coefficient (Wildman–Crippen LogP) is 11.7. The van der Waals surface area contributed by atoms with Gasteiger partial charge in [0.2, 0.25) is 30.1 Å². The summed E-state index contributed by atoms with van der Waals surface area (Å²) in [4.78, 5) is 129. The van der Waals surface area contributed by atoms with E-state index >= 15 is 0 Å². The molecule has 9 aliphatic heterocycles. The van der Waals surface area contributed by atoms with Gasteiger partial charge in [-0.2, -0.15) is 8.61 Å². The SMILES string of the molecule is C=CS(=O)(=O)N1CCC2(CC1)N=C(c1ccc(OC(F)(F)F)cc1)NC2=O.Cc1cc(N2C(=O)NC(=O)C2(C)C)cc(C)c1/C=C/S(=O)(=O)N1CCC2(CC1)N=C(c1ccc(OC(F)(F)F)cc1)NC2=O.Cc1cc(N2C(=O)NC(=O)C2(C)C)cc(C)c1Br.Cc1cc(N2C(=O)NC(=O)C2(C)C)cc(C)c1CCS(=O)(=O)N1CCC2(CC1)N=C(c1ccc(OC(F)(F)F)cc1)NC2=O. The summed E-state index contributed by atoms with van der Waals surface area (Å²) >= 11 is 3.49. The zero-order valence-electron chi connectivity index (χ0n) is 73.6. The molecule has 9 heterocycles. The van der Waals surface area contributed by atoms with Gasteiger partial charge in [-0.05, 0) is 288 Å². The van der Waals surface area contributed by atoms with Crippen LogP contribution in [0.2, 0.25) is 0 Å². The monoisotopic (exact) mass is 1980 g/mol. The maximum Gasteiger partial charge on any atom is 0.573 e. The number of carbonyl (C=O) groups excluding carboxylic acids is 9. The second kappa shape index (κ2) is 36.8. The number of aryl methyl sites for hydroxylation is 6. The largest absolute Gasteiger partial charge is 0.573 e. The van der Waals surface area contributed by atoms with Gasteiger partial charge in [-0.3, -0.25) is 74.4 Å². The number of imide groups is 3. The molecule has 0 bridgehead atoms. The number of alkyl halides is 9. The first kappa shape index (κ1) is 100. The molecule has 3 spiro atoms. The Bertz CT molecular complexity index is 6180. The number of aliphatic imine (C=N–C) groups is 3. The number of anilines is 3. The molecule has 12 amide bonds. The van der Waals surface area contributed by atoms with Crippen molar-refractivity contribution in [1.82, 2.24) is 44.8 Å². The molecule has 6 fully saturated rings. The molecule has 0 radical (unpaired) electrons. The average Bonchev–Trinajstić information content (AvgIpc) is 1.61. The number of halogens is 10. The van der Waals surface area contributed by atoms with Crippen molar-refractivity contribution in [2.75, 3.05) is 59.7 Å². The van der Waals surface area contributed by atoms with Crippen LogP contribution in [0.15, 0.2) is 146 Å². The fraction of sp³-hybridized carbons (Fsp3) is 0.402. The summed E-state index contributed by atoms with van der Waals surface area (Å²) in [6.07, 6.45) is -11.8. The highest BCUT2D eigenvalue weighted by atomic mass is 79.9. The summed E-state index contributed by atoms with van der Waals surface area (Å²) in [5.74, 6) is -2.96. The number of hydrogen-bond donors (Lipinski definition) is 6. The molecular weight excluding hydrogens is 1890 g/mol. The van der Waals surface area contributed by atoms with Gasteiger partial charge in [-0.25, -0.2) is 43.9 Å². The fourth-order valence-electron chi connectivity index (χ4n) is 16.7. The van der Waals surface area contributed by atoms with Gasteiger partial charge >= 0.3 is 37.2 Å². The van der Waals surface area contributed by atoms with Crippen LogP contribution in [0, 0.1) is 41.5 Å². The Kier molecular flexibility index (Phi) is 27.7.